The lowest BCUT2D eigenvalue weighted by molar-refractivity contribution is -0.133. The molecule has 11 rings (SSSR count). The van der Waals surface area contributed by atoms with Crippen molar-refractivity contribution >= 4 is 28.6 Å². The van der Waals surface area contributed by atoms with Gasteiger partial charge in [-0.1, -0.05) is 246 Å². The second-order valence-corrected chi connectivity index (χ2v) is 23.1. The van der Waals surface area contributed by atoms with Crippen LogP contribution in [0, 0.1) is 13.8 Å². The number of para-hydroxylation sites is 1. The second-order valence-electron chi connectivity index (χ2n) is 23.1. The average Bonchev–Trinajstić information content (AvgIpc) is 4.06. The molecule has 0 bridgehead atoms. The Labute approximate surface area is 476 Å². The van der Waals surface area contributed by atoms with Crippen molar-refractivity contribution < 1.29 is 9.59 Å². The second kappa shape index (κ2) is 24.2. The molecular weight excluding hydrogens is 971 g/mol. The highest BCUT2D eigenvalue weighted by atomic mass is 16.2. The van der Waals surface area contributed by atoms with Crippen molar-refractivity contribution in [3.8, 4) is 33.4 Å². The first-order chi connectivity index (χ1) is 39.2. The predicted octanol–water partition coefficient (Wildman–Crippen LogP) is 19.9. The molecule has 0 radical (unpaired) electrons. The van der Waals surface area contributed by atoms with Crippen LogP contribution in [0.4, 0.5) is 17.1 Å². The molecule has 0 aromatic heterocycles. The monoisotopic (exact) mass is 1050 g/mol. The summed E-state index contributed by atoms with van der Waals surface area (Å²) in [5, 5.41) is 0. The van der Waals surface area contributed by atoms with Crippen LogP contribution in [-0.4, -0.2) is 11.6 Å². The number of anilines is 3. The number of aryl methyl sites for hydroxylation is 2. The molecular formula is C77H77NO2. The van der Waals surface area contributed by atoms with Crippen molar-refractivity contribution in [1.82, 2.24) is 0 Å². The van der Waals surface area contributed by atoms with Crippen LogP contribution in [0.25, 0.3) is 33.4 Å². The molecule has 0 atom stereocenters. The molecule has 0 fully saturated rings. The van der Waals surface area contributed by atoms with E-state index in [1.165, 1.54) is 50.1 Å². The fourth-order valence-electron chi connectivity index (χ4n) is 13.5. The van der Waals surface area contributed by atoms with Crippen LogP contribution >= 0.6 is 0 Å². The van der Waals surface area contributed by atoms with Crippen LogP contribution in [0.3, 0.4) is 0 Å². The highest BCUT2D eigenvalue weighted by molar-refractivity contribution is 6.20. The van der Waals surface area contributed by atoms with Crippen LogP contribution in [-0.2, 0) is 39.7 Å². The zero-order valence-corrected chi connectivity index (χ0v) is 47.6. The summed E-state index contributed by atoms with van der Waals surface area (Å²) in [6, 6.07) is 77.9. The number of ketones is 2. The van der Waals surface area contributed by atoms with E-state index in [1.807, 2.05) is 0 Å². The van der Waals surface area contributed by atoms with Gasteiger partial charge in [-0.25, -0.2) is 0 Å². The fraction of sp³-hybridized carbons (Fsp3) is 0.273. The van der Waals surface area contributed by atoms with Gasteiger partial charge in [0.15, 0.2) is 11.6 Å². The first-order valence-electron chi connectivity index (χ1n) is 29.9. The SMILES string of the molecule is CCCCCCCC(=O)C1(C(=O)CCCCCCC)c2cc(C)ccc2-c2ccc(-c3ccc(N(c4ccccc4)c4ccc(Cc5ccc6c(c5)C(Cc5ccccc5)(Cc5ccccc5)c5cc(C)ccc5-6)cc4)cc3)cc21. The smallest absolute Gasteiger partial charge is 0.155 e. The number of nitrogens with zero attached hydrogens (tertiary/aromatic N) is 1. The molecule has 0 saturated carbocycles. The first-order valence-corrected chi connectivity index (χ1v) is 29.9. The summed E-state index contributed by atoms with van der Waals surface area (Å²) in [7, 11) is 0. The largest absolute Gasteiger partial charge is 0.311 e. The third kappa shape index (κ3) is 10.8. The number of fused-ring (bicyclic) bond motifs is 6. The van der Waals surface area contributed by atoms with Crippen molar-refractivity contribution in [3.05, 3.63) is 268 Å². The maximum absolute atomic E-state index is 15.2. The Morgan fingerprint density at radius 2 is 0.775 bits per heavy atom. The molecule has 3 heteroatoms. The van der Waals surface area contributed by atoms with Gasteiger partial charge in [0.1, 0.15) is 5.41 Å². The minimum absolute atomic E-state index is 0.0585. The number of rotatable bonds is 24. The van der Waals surface area contributed by atoms with Crippen molar-refractivity contribution in [2.24, 2.45) is 0 Å². The molecule has 0 unspecified atom stereocenters. The highest BCUT2D eigenvalue weighted by Crippen LogP contribution is 2.55. The number of carbonyl (C=O) groups is 2. The Morgan fingerprint density at radius 3 is 1.32 bits per heavy atom. The van der Waals surface area contributed by atoms with Crippen LogP contribution in [0.15, 0.2) is 212 Å². The van der Waals surface area contributed by atoms with Crippen molar-refractivity contribution in [2.45, 2.75) is 135 Å². The van der Waals surface area contributed by atoms with Crippen molar-refractivity contribution in [1.29, 1.82) is 0 Å². The Balaban J connectivity index is 0.901. The van der Waals surface area contributed by atoms with Gasteiger partial charge in [-0.3, -0.25) is 9.59 Å². The maximum Gasteiger partial charge on any atom is 0.155 e. The summed E-state index contributed by atoms with van der Waals surface area (Å²) >= 11 is 0. The van der Waals surface area contributed by atoms with E-state index in [0.717, 1.165) is 139 Å². The lowest BCUT2D eigenvalue weighted by Gasteiger charge is -2.33. The summed E-state index contributed by atoms with van der Waals surface area (Å²) in [6.45, 7) is 8.74. The average molecular weight is 1050 g/mol. The van der Waals surface area contributed by atoms with Gasteiger partial charge < -0.3 is 4.90 Å². The van der Waals surface area contributed by atoms with Gasteiger partial charge in [-0.05, 0) is 166 Å². The zero-order valence-electron chi connectivity index (χ0n) is 47.6. The summed E-state index contributed by atoms with van der Waals surface area (Å²) < 4.78 is 0. The summed E-state index contributed by atoms with van der Waals surface area (Å²) in [4.78, 5) is 32.7. The Hall–Kier alpha value is -7.88. The van der Waals surface area contributed by atoms with E-state index in [-0.39, 0.29) is 17.0 Å². The van der Waals surface area contributed by atoms with Crippen LogP contribution in [0.5, 0.6) is 0 Å². The van der Waals surface area contributed by atoms with Crippen molar-refractivity contribution in [2.75, 3.05) is 4.90 Å². The van der Waals surface area contributed by atoms with Crippen LogP contribution < -0.4 is 4.90 Å². The van der Waals surface area contributed by atoms with E-state index in [1.54, 1.807) is 0 Å². The minimum atomic E-state index is -1.31. The number of benzene rings is 9. The molecule has 80 heavy (non-hydrogen) atoms. The standard InChI is InChI=1S/C77H77NO2/c1-5-7-9-11-22-30-74(79)77(75(80)31-23-12-10-8-6-2)72-49-56(4)33-45-68(72)69-47-39-62(52-73(69)77)61-37-42-65(43-38-61)78(63-28-20-15-21-29-63)64-40-34-57(35-41-64)50-60-36-46-67-66-44-32-55(3)48-70(66)76(71(67)51-60,53-58-24-16-13-17-25-58)54-59-26-18-14-19-27-59/h13-21,24-29,32-49,51-52H,5-12,22-23,30-31,50,53-54H2,1-4H3. The number of unbranched alkanes of at least 4 members (excludes halogenated alkanes) is 8. The first kappa shape index (κ1) is 54.1. The number of carbonyl (C=O) groups excluding carboxylic acids is 2. The van der Waals surface area contributed by atoms with Gasteiger partial charge in [0, 0.05) is 35.3 Å². The van der Waals surface area contributed by atoms with E-state index in [4.69, 9.17) is 0 Å². The molecule has 0 heterocycles. The normalized spacial score (nSPS) is 13.3. The third-order valence-corrected chi connectivity index (χ3v) is 17.5. The Bertz CT molecular complexity index is 3530. The topological polar surface area (TPSA) is 37.4 Å². The molecule has 2 aliphatic rings. The van der Waals surface area contributed by atoms with E-state index in [2.05, 4.69) is 245 Å². The number of Topliss-reactive ketones (excluding diaryl/α,β-unsaturated/α-hetero) is 2. The van der Waals surface area contributed by atoms with Gasteiger partial charge in [0.2, 0.25) is 0 Å². The quantitative estimate of drug-likeness (QED) is 0.0447. The zero-order chi connectivity index (χ0) is 55.1. The maximum atomic E-state index is 15.2. The van der Waals surface area contributed by atoms with Crippen LogP contribution in [0.1, 0.15) is 147 Å². The van der Waals surface area contributed by atoms with Gasteiger partial charge in [-0.2, -0.15) is 0 Å². The lowest BCUT2D eigenvalue weighted by atomic mass is 9.68. The number of hydrogen-bond acceptors (Lipinski definition) is 3. The third-order valence-electron chi connectivity index (χ3n) is 17.5. The molecule has 0 saturated heterocycles. The van der Waals surface area contributed by atoms with Gasteiger partial charge in [-0.15, -0.1) is 0 Å². The minimum Gasteiger partial charge on any atom is -0.311 e. The fourth-order valence-corrected chi connectivity index (χ4v) is 13.5. The summed E-state index contributed by atoms with van der Waals surface area (Å²) in [6.07, 6.45) is 13.9. The van der Waals surface area contributed by atoms with Crippen LogP contribution in [0.2, 0.25) is 0 Å². The Morgan fingerprint density at radius 1 is 0.362 bits per heavy atom. The summed E-state index contributed by atoms with van der Waals surface area (Å²) in [5.41, 5.74) is 20.7. The van der Waals surface area contributed by atoms with Crippen molar-refractivity contribution in [3.63, 3.8) is 0 Å². The van der Waals surface area contributed by atoms with E-state index >= 15 is 9.59 Å². The van der Waals surface area contributed by atoms with Gasteiger partial charge in [0.25, 0.3) is 0 Å². The summed E-state index contributed by atoms with van der Waals surface area (Å²) in [5.74, 6) is 0.117. The molecule has 0 N–H and O–H groups in total. The lowest BCUT2D eigenvalue weighted by Crippen LogP contribution is -2.43. The highest BCUT2D eigenvalue weighted by Gasteiger charge is 2.53. The van der Waals surface area contributed by atoms with E-state index < -0.39 is 5.41 Å². The Kier molecular flexibility index (Phi) is 16.4. The predicted molar refractivity (Wildman–Crippen MR) is 335 cm³/mol. The van der Waals surface area contributed by atoms with E-state index in [0.29, 0.717) is 12.8 Å². The molecule has 402 valence electrons. The molecule has 9 aromatic rings. The molecule has 9 aromatic carbocycles. The molecule has 0 amide bonds. The van der Waals surface area contributed by atoms with Gasteiger partial charge in [0.05, 0.1) is 0 Å². The molecule has 0 aliphatic heterocycles. The molecule has 2 aliphatic carbocycles. The molecule has 3 nitrogen and oxygen atoms in total. The van der Waals surface area contributed by atoms with Gasteiger partial charge >= 0.3 is 0 Å². The number of hydrogen-bond donors (Lipinski definition) is 0. The van der Waals surface area contributed by atoms with E-state index in [9.17, 15) is 0 Å². The molecule has 0 spiro atoms.